The fourth-order valence-electron chi connectivity index (χ4n) is 3.91. The second-order valence-corrected chi connectivity index (χ2v) is 11.6. The fourth-order valence-corrected chi connectivity index (χ4v) is 3.91. The third-order valence-electron chi connectivity index (χ3n) is 6.85. The number of nitrogens with one attached hydrogen (secondary N) is 5. The summed E-state index contributed by atoms with van der Waals surface area (Å²) >= 11 is 0. The number of rotatable bonds is 18. The number of carboxylic acids is 4. The zero-order chi connectivity index (χ0) is 51.6. The maximum absolute atomic E-state index is 13.2. The van der Waals surface area contributed by atoms with E-state index in [1.807, 2.05) is 0 Å². The molecule has 3 aromatic rings. The Morgan fingerprint density at radius 2 is 1.00 bits per heavy atom. The number of urea groups is 2. The number of hydrogen-bond donors (Lipinski definition) is 10. The van der Waals surface area contributed by atoms with E-state index in [1.165, 1.54) is 6.07 Å². The van der Waals surface area contributed by atoms with Crippen LogP contribution in [0.4, 0.5) is 35.9 Å². The van der Waals surface area contributed by atoms with Gasteiger partial charge in [0, 0.05) is 57.5 Å². The molecule has 11 N–H and O–H groups in total. The van der Waals surface area contributed by atoms with Crippen LogP contribution in [0.1, 0.15) is 46.4 Å². The van der Waals surface area contributed by atoms with Gasteiger partial charge in [-0.15, -0.1) is 0 Å². The van der Waals surface area contributed by atoms with Gasteiger partial charge in [-0.3, -0.25) is 14.4 Å². The molecule has 2 aromatic heterocycles. The van der Waals surface area contributed by atoms with Crippen LogP contribution < -0.4 is 37.1 Å². The van der Waals surface area contributed by atoms with Crippen molar-refractivity contribution in [2.24, 2.45) is 5.73 Å². The van der Waals surface area contributed by atoms with Crippen molar-refractivity contribution in [1.82, 2.24) is 36.6 Å². The van der Waals surface area contributed by atoms with Crippen LogP contribution in [0.15, 0.2) is 42.7 Å². The van der Waals surface area contributed by atoms with Crippen LogP contribution in [0.25, 0.3) is 0 Å². The summed E-state index contributed by atoms with van der Waals surface area (Å²) in [5.74, 6) is -17.1. The minimum absolute atomic E-state index is 0.00251. The van der Waals surface area contributed by atoms with E-state index in [0.717, 1.165) is 30.6 Å². The predicted octanol–water partition coefficient (Wildman–Crippen LogP) is -0.0407. The van der Waals surface area contributed by atoms with Gasteiger partial charge in [0.25, 0.3) is 5.91 Å². The minimum Gasteiger partial charge on any atom is -0.481 e. The SMILES string of the molecule is NCCNC(=O)N[C@@H](CCC(=O)O)C(=O)O.O=C(O)CC[C@H](NC(=O)NCCNC(=O)c1ccc([18F])nc1)C(=O)O.O=C(Oc1c(F)c(F)cc(F)c1F)c1ccc([18F])nc1.O=C=O.O=C=O. The molecule has 0 saturated carbocycles. The highest BCUT2D eigenvalue weighted by molar-refractivity contribution is 5.94. The Morgan fingerprint density at radius 1 is 0.612 bits per heavy atom. The van der Waals surface area contributed by atoms with Crippen LogP contribution in [0, 0.1) is 35.2 Å². The number of benzene rings is 1. The van der Waals surface area contributed by atoms with Crippen molar-refractivity contribution < 1.29 is 109 Å². The maximum atomic E-state index is 13.2. The summed E-state index contributed by atoms with van der Waals surface area (Å²) in [4.78, 5) is 127. The lowest BCUT2D eigenvalue weighted by molar-refractivity contribution is -0.193. The Morgan fingerprint density at radius 3 is 1.36 bits per heavy atom. The second kappa shape index (κ2) is 33.7. The summed E-state index contributed by atoms with van der Waals surface area (Å²) in [7, 11) is 0. The quantitative estimate of drug-likeness (QED) is 0.0200. The van der Waals surface area contributed by atoms with Crippen molar-refractivity contribution in [3.63, 3.8) is 0 Å². The zero-order valence-corrected chi connectivity index (χ0v) is 33.7. The molecule has 0 aliphatic heterocycles. The predicted molar refractivity (Wildman–Crippen MR) is 201 cm³/mol. The van der Waals surface area contributed by atoms with Crippen molar-refractivity contribution in [2.45, 2.75) is 37.8 Å². The molecule has 0 fully saturated rings. The van der Waals surface area contributed by atoms with Gasteiger partial charge >= 0.3 is 54.2 Å². The van der Waals surface area contributed by atoms with Crippen molar-refractivity contribution in [2.75, 3.05) is 26.2 Å². The van der Waals surface area contributed by atoms with Gasteiger partial charge in [-0.2, -0.15) is 36.7 Å². The van der Waals surface area contributed by atoms with Crippen molar-refractivity contribution in [1.29, 1.82) is 0 Å². The lowest BCUT2D eigenvalue weighted by Gasteiger charge is -2.14. The maximum Gasteiger partial charge on any atom is 0.373 e. The fraction of sp³-hybridized carbons (Fsp3) is 0.278. The second-order valence-electron chi connectivity index (χ2n) is 11.6. The Kier molecular flexibility index (Phi) is 30.3. The first-order valence-electron chi connectivity index (χ1n) is 17.7. The first-order valence-corrected chi connectivity index (χ1v) is 17.7. The van der Waals surface area contributed by atoms with Gasteiger partial charge in [0.05, 0.1) is 11.1 Å². The number of nitrogens with zero attached hydrogens (tertiary/aromatic N) is 2. The number of pyridine rings is 2. The highest BCUT2D eigenvalue weighted by atomic mass is 19.2. The third kappa shape index (κ3) is 27.1. The highest BCUT2D eigenvalue weighted by Crippen LogP contribution is 2.27. The monoisotopic (exact) mass is 964 g/mol. The van der Waals surface area contributed by atoms with Gasteiger partial charge in [0.2, 0.25) is 29.3 Å². The summed E-state index contributed by atoms with van der Waals surface area (Å²) in [5, 5.41) is 45.9. The lowest BCUT2D eigenvalue weighted by atomic mass is 10.1. The molecule has 0 saturated heterocycles. The molecule has 364 valence electrons. The molecule has 0 radical (unpaired) electrons. The smallest absolute Gasteiger partial charge is 0.373 e. The molecule has 25 nitrogen and oxygen atoms in total. The van der Waals surface area contributed by atoms with Crippen LogP contribution in [-0.4, -0.2) is 129 Å². The number of hydrogen-bond acceptors (Lipinski definition) is 16. The molecule has 31 heteroatoms. The molecule has 67 heavy (non-hydrogen) atoms. The minimum atomic E-state index is -1.85. The molecule has 3 rings (SSSR count). The van der Waals surface area contributed by atoms with E-state index in [4.69, 9.17) is 45.3 Å². The Labute approximate surface area is 370 Å². The van der Waals surface area contributed by atoms with Gasteiger partial charge in [-0.25, -0.2) is 42.7 Å². The normalized spacial score (nSPS) is 10.3. The molecule has 1 aromatic carbocycles. The number of halogens is 6. The van der Waals surface area contributed by atoms with Gasteiger partial charge < -0.3 is 57.5 Å². The highest BCUT2D eigenvalue weighted by Gasteiger charge is 2.24. The number of carboxylic acid groups (broad SMARTS) is 4. The van der Waals surface area contributed by atoms with Crippen LogP contribution in [-0.2, 0) is 38.4 Å². The number of ether oxygens (including phenoxy) is 1. The number of carbonyl (C=O) groups is 8. The summed E-state index contributed by atoms with van der Waals surface area (Å²) in [6.07, 6.45) is 1.15. The lowest BCUT2D eigenvalue weighted by Crippen LogP contribution is -2.47. The Balaban J connectivity index is 0. The van der Waals surface area contributed by atoms with E-state index in [9.17, 15) is 64.7 Å². The summed E-state index contributed by atoms with van der Waals surface area (Å²) in [6.45, 7) is 0.491. The molecule has 2 heterocycles. The van der Waals surface area contributed by atoms with Gasteiger partial charge in [0.1, 0.15) is 12.1 Å². The van der Waals surface area contributed by atoms with E-state index < -0.39 is 107 Å². The topological polar surface area (TPSA) is 407 Å². The molecule has 5 amide bonds. The van der Waals surface area contributed by atoms with E-state index in [0.29, 0.717) is 0 Å². The molecule has 0 aliphatic carbocycles. The first-order chi connectivity index (χ1) is 31.5. The van der Waals surface area contributed by atoms with Gasteiger partial charge in [0.15, 0.2) is 11.6 Å². The summed E-state index contributed by atoms with van der Waals surface area (Å²) in [6, 6.07) is -0.0577. The van der Waals surface area contributed by atoms with E-state index in [1.54, 1.807) is 0 Å². The number of nitrogens with two attached hydrogens (primary N) is 1. The van der Waals surface area contributed by atoms with E-state index in [2.05, 4.69) is 41.3 Å². The van der Waals surface area contributed by atoms with Crippen molar-refractivity contribution in [3.05, 3.63) is 89.0 Å². The molecule has 0 spiro atoms. The van der Waals surface area contributed by atoms with Crippen LogP contribution in [0.2, 0.25) is 0 Å². The average molecular weight is 965 g/mol. The zero-order valence-electron chi connectivity index (χ0n) is 33.7. The van der Waals surface area contributed by atoms with Crippen LogP contribution >= 0.6 is 0 Å². The van der Waals surface area contributed by atoms with Crippen LogP contribution in [0.5, 0.6) is 5.75 Å². The van der Waals surface area contributed by atoms with Crippen molar-refractivity contribution in [3.8, 4) is 5.75 Å². The number of carbonyl (C=O) groups excluding carboxylic acids is 8. The first kappa shape index (κ1) is 60.3. The van der Waals surface area contributed by atoms with Gasteiger partial charge in [-0.1, -0.05) is 0 Å². The third-order valence-corrected chi connectivity index (χ3v) is 6.85. The standard InChI is InChI=1S/C14H17FN4O6.C12H4F5NO2.C8H15N3O5.2CO2/c15-10-3-1-8(7-18-10)12(22)16-5-6-17-14(25)19-9(13(23)24)2-4-11(20)21;13-6-3-7(14)10(17)11(9(6)16)20-12(19)5-1-2-8(15)18-4-5;9-3-4-10-8(16)11-5(7(14)15)1-2-6(12)13;2*2-1-3/h1,3,7,9H,2,4-6H2,(H,16,22)(H,20,21)(H,23,24)(H2,17,19,25);1-4H;5H,1-4,9H2,(H,12,13)(H,14,15)(H2,10,11,16);;/t9-;;5-;;/m0.0../s1/i2*15-1;;;. The van der Waals surface area contributed by atoms with Crippen LogP contribution in [0.3, 0.4) is 0 Å². The number of esters is 1. The Hall–Kier alpha value is -8.82. The summed E-state index contributed by atoms with van der Waals surface area (Å²) < 4.78 is 81.7. The van der Waals surface area contributed by atoms with Crippen molar-refractivity contribution >= 4 is 60.1 Å². The molecule has 0 bridgehead atoms. The summed E-state index contributed by atoms with van der Waals surface area (Å²) in [5.41, 5.74) is 4.92. The largest absolute Gasteiger partial charge is 0.481 e. The van der Waals surface area contributed by atoms with E-state index in [-0.39, 0.29) is 74.9 Å². The number of aromatic nitrogens is 2. The molecule has 0 unspecified atom stereocenters. The number of amides is 5. The molecular weight excluding hydrogens is 928 g/mol. The van der Waals surface area contributed by atoms with Gasteiger partial charge in [-0.05, 0) is 37.1 Å². The average Bonchev–Trinajstić information content (AvgIpc) is 3.26. The molecule has 0 aliphatic rings. The molecule has 2 atom stereocenters. The molecular formula is C36H36F6N8O17. The Bertz CT molecular complexity index is 2180. The number of aliphatic carboxylic acids is 4. The van der Waals surface area contributed by atoms with E-state index >= 15 is 0 Å².